The average molecular weight is 214 g/mol. The monoisotopic (exact) mass is 214 g/mol. The van der Waals surface area contributed by atoms with E-state index in [0.717, 1.165) is 0 Å². The highest BCUT2D eigenvalue weighted by atomic mass is 32.1. The molecule has 0 unspecified atom stereocenters. The highest BCUT2D eigenvalue weighted by Gasteiger charge is 2.24. The first kappa shape index (κ1) is 11.1. The lowest BCUT2D eigenvalue weighted by molar-refractivity contribution is -0.147. The van der Waals surface area contributed by atoms with E-state index < -0.39 is 0 Å². The average Bonchev–Trinajstić information content (AvgIpc) is 2.09. The number of amides is 2. The Kier molecular flexibility index (Phi) is 4.00. The second-order valence-electron chi connectivity index (χ2n) is 3.36. The Morgan fingerprint density at radius 2 is 1.93 bits per heavy atom. The van der Waals surface area contributed by atoms with Gasteiger partial charge in [0, 0.05) is 19.4 Å². The van der Waals surface area contributed by atoms with Gasteiger partial charge in [-0.05, 0) is 19.3 Å². The molecule has 1 saturated heterocycles. The Morgan fingerprint density at radius 3 is 2.43 bits per heavy atom. The SMILES string of the molecule is NC(=S)CCCN1C(=O)CCCC1=O. The zero-order chi connectivity index (χ0) is 10.6. The van der Waals surface area contributed by atoms with E-state index in [4.69, 9.17) is 18.0 Å². The van der Waals surface area contributed by atoms with Crippen molar-refractivity contribution in [2.45, 2.75) is 32.1 Å². The highest BCUT2D eigenvalue weighted by molar-refractivity contribution is 7.80. The van der Waals surface area contributed by atoms with Crippen molar-refractivity contribution >= 4 is 29.0 Å². The number of nitrogens with zero attached hydrogens (tertiary/aromatic N) is 1. The smallest absolute Gasteiger partial charge is 0.229 e. The van der Waals surface area contributed by atoms with E-state index in [1.165, 1.54) is 4.90 Å². The summed E-state index contributed by atoms with van der Waals surface area (Å²) in [7, 11) is 0. The predicted octanol–water partition coefficient (Wildman–Crippen LogP) is 0.592. The molecule has 78 valence electrons. The molecule has 0 bridgehead atoms. The van der Waals surface area contributed by atoms with Gasteiger partial charge in [0.15, 0.2) is 0 Å². The fraction of sp³-hybridized carbons (Fsp3) is 0.667. The third-order valence-corrected chi connectivity index (χ3v) is 2.39. The Hall–Kier alpha value is -0.970. The van der Waals surface area contributed by atoms with Gasteiger partial charge in [-0.15, -0.1) is 0 Å². The van der Waals surface area contributed by atoms with Crippen LogP contribution in [0, 0.1) is 0 Å². The van der Waals surface area contributed by atoms with Crippen molar-refractivity contribution in [2.24, 2.45) is 5.73 Å². The van der Waals surface area contributed by atoms with Crippen LogP contribution < -0.4 is 5.73 Å². The van der Waals surface area contributed by atoms with E-state index in [0.29, 0.717) is 43.6 Å². The number of rotatable bonds is 4. The molecule has 1 rings (SSSR count). The highest BCUT2D eigenvalue weighted by Crippen LogP contribution is 2.12. The van der Waals surface area contributed by atoms with Crippen LogP contribution in [0.1, 0.15) is 32.1 Å². The summed E-state index contributed by atoms with van der Waals surface area (Å²) in [5, 5.41) is 0. The van der Waals surface area contributed by atoms with Crippen LogP contribution in [0.4, 0.5) is 0 Å². The van der Waals surface area contributed by atoms with E-state index >= 15 is 0 Å². The lowest BCUT2D eigenvalue weighted by Crippen LogP contribution is -2.40. The maximum atomic E-state index is 11.3. The Bertz CT molecular complexity index is 250. The number of carbonyl (C=O) groups excluding carboxylic acids is 2. The Balaban J connectivity index is 2.37. The van der Waals surface area contributed by atoms with Gasteiger partial charge in [-0.3, -0.25) is 14.5 Å². The molecule has 5 heteroatoms. The number of carbonyl (C=O) groups is 2. The molecule has 0 aromatic heterocycles. The first-order valence-corrected chi connectivity index (χ1v) is 5.13. The van der Waals surface area contributed by atoms with Crippen LogP contribution in [0.3, 0.4) is 0 Å². The van der Waals surface area contributed by atoms with Crippen molar-refractivity contribution in [3.63, 3.8) is 0 Å². The largest absolute Gasteiger partial charge is 0.393 e. The molecule has 14 heavy (non-hydrogen) atoms. The molecule has 4 nitrogen and oxygen atoms in total. The van der Waals surface area contributed by atoms with E-state index in [9.17, 15) is 9.59 Å². The fourth-order valence-electron chi connectivity index (χ4n) is 1.46. The summed E-state index contributed by atoms with van der Waals surface area (Å²) in [4.78, 5) is 24.4. The number of piperidine rings is 1. The van der Waals surface area contributed by atoms with E-state index in [-0.39, 0.29) is 11.8 Å². The number of imide groups is 1. The summed E-state index contributed by atoms with van der Waals surface area (Å²) in [6.07, 6.45) is 2.92. The molecule has 1 aliphatic heterocycles. The van der Waals surface area contributed by atoms with Gasteiger partial charge in [-0.25, -0.2) is 0 Å². The van der Waals surface area contributed by atoms with Crippen LogP contribution in [-0.2, 0) is 9.59 Å². The molecule has 1 fully saturated rings. The summed E-state index contributed by atoms with van der Waals surface area (Å²) in [6.45, 7) is 0.453. The van der Waals surface area contributed by atoms with E-state index in [1.54, 1.807) is 0 Å². The minimum absolute atomic E-state index is 0.0656. The first-order chi connectivity index (χ1) is 6.61. The third kappa shape index (κ3) is 3.06. The molecule has 0 aliphatic carbocycles. The number of hydrogen-bond acceptors (Lipinski definition) is 3. The minimum atomic E-state index is -0.0656. The topological polar surface area (TPSA) is 63.4 Å². The molecule has 0 aromatic rings. The summed E-state index contributed by atoms with van der Waals surface area (Å²) in [6, 6.07) is 0. The zero-order valence-corrected chi connectivity index (χ0v) is 8.81. The van der Waals surface area contributed by atoms with Crippen LogP contribution in [-0.4, -0.2) is 28.2 Å². The molecule has 0 atom stereocenters. The number of thiocarbonyl (C=S) groups is 1. The van der Waals surface area contributed by atoms with Gasteiger partial charge >= 0.3 is 0 Å². The maximum absolute atomic E-state index is 11.3. The van der Waals surface area contributed by atoms with Gasteiger partial charge in [0.2, 0.25) is 11.8 Å². The summed E-state index contributed by atoms with van der Waals surface area (Å²) in [5.41, 5.74) is 5.32. The van der Waals surface area contributed by atoms with Gasteiger partial charge < -0.3 is 5.73 Å². The zero-order valence-electron chi connectivity index (χ0n) is 7.99. The van der Waals surface area contributed by atoms with Crippen LogP contribution in [0.25, 0.3) is 0 Å². The quantitative estimate of drug-likeness (QED) is 0.549. The molecule has 0 spiro atoms. The molecular weight excluding hydrogens is 200 g/mol. The second kappa shape index (κ2) is 5.05. The predicted molar refractivity (Wildman–Crippen MR) is 56.6 cm³/mol. The third-order valence-electron chi connectivity index (χ3n) is 2.19. The van der Waals surface area contributed by atoms with Gasteiger partial charge in [-0.1, -0.05) is 12.2 Å². The Morgan fingerprint density at radius 1 is 1.36 bits per heavy atom. The van der Waals surface area contributed by atoms with Gasteiger partial charge in [0.1, 0.15) is 0 Å². The number of likely N-dealkylation sites (tertiary alicyclic amines) is 1. The lowest BCUT2D eigenvalue weighted by Gasteiger charge is -2.24. The normalized spacial score (nSPS) is 17.3. The maximum Gasteiger partial charge on any atom is 0.229 e. The van der Waals surface area contributed by atoms with Crippen molar-refractivity contribution in [1.82, 2.24) is 4.90 Å². The molecule has 1 heterocycles. The van der Waals surface area contributed by atoms with Crippen LogP contribution in [0.5, 0.6) is 0 Å². The fourth-order valence-corrected chi connectivity index (χ4v) is 1.60. The minimum Gasteiger partial charge on any atom is -0.393 e. The summed E-state index contributed by atoms with van der Waals surface area (Å²) < 4.78 is 0. The van der Waals surface area contributed by atoms with E-state index in [2.05, 4.69) is 0 Å². The van der Waals surface area contributed by atoms with Crippen molar-refractivity contribution in [3.05, 3.63) is 0 Å². The van der Waals surface area contributed by atoms with E-state index in [1.807, 2.05) is 0 Å². The van der Waals surface area contributed by atoms with Gasteiger partial charge in [-0.2, -0.15) is 0 Å². The lowest BCUT2D eigenvalue weighted by atomic mass is 10.1. The van der Waals surface area contributed by atoms with Crippen LogP contribution >= 0.6 is 12.2 Å². The van der Waals surface area contributed by atoms with Crippen molar-refractivity contribution in [1.29, 1.82) is 0 Å². The second-order valence-corrected chi connectivity index (χ2v) is 3.89. The molecule has 0 radical (unpaired) electrons. The Labute approximate surface area is 88.4 Å². The van der Waals surface area contributed by atoms with Crippen LogP contribution in [0.15, 0.2) is 0 Å². The summed E-state index contributed by atoms with van der Waals surface area (Å²) >= 11 is 4.71. The summed E-state index contributed by atoms with van der Waals surface area (Å²) in [5.74, 6) is -0.131. The molecule has 0 aromatic carbocycles. The molecule has 0 saturated carbocycles. The standard InChI is InChI=1S/C9H14N2O2S/c10-7(14)3-2-6-11-8(12)4-1-5-9(11)13/h1-6H2,(H2,10,14). The van der Waals surface area contributed by atoms with Gasteiger partial charge in [0.05, 0.1) is 4.99 Å². The van der Waals surface area contributed by atoms with Crippen molar-refractivity contribution in [2.75, 3.05) is 6.54 Å². The molecule has 2 amide bonds. The molecule has 1 aliphatic rings. The van der Waals surface area contributed by atoms with Gasteiger partial charge in [0.25, 0.3) is 0 Å². The first-order valence-electron chi connectivity index (χ1n) is 4.73. The number of hydrogen-bond donors (Lipinski definition) is 1. The van der Waals surface area contributed by atoms with Crippen LogP contribution in [0.2, 0.25) is 0 Å². The molecule has 2 N–H and O–H groups in total. The van der Waals surface area contributed by atoms with Crippen molar-refractivity contribution in [3.8, 4) is 0 Å². The van der Waals surface area contributed by atoms with Crippen molar-refractivity contribution < 1.29 is 9.59 Å². The molecular formula is C9H14N2O2S. The number of nitrogens with two attached hydrogens (primary N) is 1.